The largest absolute Gasteiger partial charge is 0.469 e. The van der Waals surface area contributed by atoms with Crippen LogP contribution in [0.25, 0.3) is 0 Å². The van der Waals surface area contributed by atoms with Crippen LogP contribution < -0.4 is 5.32 Å². The maximum absolute atomic E-state index is 11.6. The molecule has 0 unspecified atom stereocenters. The number of carbonyl (C=O) groups is 1. The van der Waals surface area contributed by atoms with E-state index in [1.54, 1.807) is 13.2 Å². The van der Waals surface area contributed by atoms with E-state index in [1.807, 2.05) is 6.07 Å². The van der Waals surface area contributed by atoms with E-state index in [0.29, 0.717) is 6.54 Å². The number of hydrogen-bond donors (Lipinski definition) is 1. The van der Waals surface area contributed by atoms with Gasteiger partial charge in [-0.2, -0.15) is 0 Å². The number of esters is 1. The molecule has 1 fully saturated rings. The molecule has 0 saturated carbocycles. The van der Waals surface area contributed by atoms with Gasteiger partial charge in [-0.3, -0.25) is 14.8 Å². The van der Waals surface area contributed by atoms with Crippen LogP contribution in [0.15, 0.2) is 23.3 Å². The van der Waals surface area contributed by atoms with Gasteiger partial charge in [0, 0.05) is 26.3 Å². The number of aliphatic imine (C=N–C) groups is 1. The van der Waals surface area contributed by atoms with Crippen molar-refractivity contribution in [2.45, 2.75) is 26.3 Å². The molecule has 1 aromatic rings. The quantitative estimate of drug-likeness (QED) is 0.519. The zero-order valence-corrected chi connectivity index (χ0v) is 13.5. The number of carbonyl (C=O) groups excluding carboxylic acids is 1. The predicted octanol–water partition coefficient (Wildman–Crippen LogP) is 1.35. The van der Waals surface area contributed by atoms with Gasteiger partial charge in [-0.25, -0.2) is 0 Å². The Bertz CT molecular complexity index is 537. The number of nitrogens with zero attached hydrogens (tertiary/aromatic N) is 3. The van der Waals surface area contributed by atoms with Gasteiger partial charge in [0.2, 0.25) is 0 Å². The van der Waals surface area contributed by atoms with E-state index in [2.05, 4.69) is 33.2 Å². The minimum Gasteiger partial charge on any atom is -0.469 e. The second-order valence-corrected chi connectivity index (χ2v) is 5.45. The Morgan fingerprint density at radius 1 is 1.50 bits per heavy atom. The average Bonchev–Trinajstić information content (AvgIpc) is 2.56. The zero-order chi connectivity index (χ0) is 15.9. The fourth-order valence-electron chi connectivity index (χ4n) is 2.69. The summed E-state index contributed by atoms with van der Waals surface area (Å²) in [6.45, 7) is 4.31. The molecule has 0 aromatic carbocycles. The Morgan fingerprint density at radius 3 is 2.82 bits per heavy atom. The fraction of sp³-hybridized carbons (Fsp3) is 0.562. The minimum atomic E-state index is -0.105. The molecule has 1 N–H and O–H groups in total. The van der Waals surface area contributed by atoms with E-state index < -0.39 is 0 Å². The van der Waals surface area contributed by atoms with Crippen LogP contribution >= 0.6 is 0 Å². The number of nitrogens with one attached hydrogen (secondary N) is 1. The van der Waals surface area contributed by atoms with Gasteiger partial charge in [-0.15, -0.1) is 0 Å². The number of ether oxygens (including phenoxy) is 1. The summed E-state index contributed by atoms with van der Waals surface area (Å²) in [6.07, 6.45) is 3.40. The van der Waals surface area contributed by atoms with Gasteiger partial charge in [0.25, 0.3) is 0 Å². The first-order valence-electron chi connectivity index (χ1n) is 7.59. The highest BCUT2D eigenvalue weighted by molar-refractivity contribution is 5.80. The molecule has 0 atom stereocenters. The fourth-order valence-corrected chi connectivity index (χ4v) is 2.69. The van der Waals surface area contributed by atoms with E-state index in [4.69, 9.17) is 4.74 Å². The first kappa shape index (κ1) is 16.3. The first-order valence-corrected chi connectivity index (χ1v) is 7.59. The standard InChI is InChI=1S/C16H24N4O2/c1-12-5-4-8-18-14(12)11-19-16(17-2)20-9-6-13(7-10-20)15(21)22-3/h4-5,8,13H,6-7,9-11H2,1-3H3,(H,17,19). The summed E-state index contributed by atoms with van der Waals surface area (Å²) >= 11 is 0. The number of likely N-dealkylation sites (tertiary alicyclic amines) is 1. The Morgan fingerprint density at radius 2 is 2.23 bits per heavy atom. The number of aryl methyl sites for hydroxylation is 1. The summed E-state index contributed by atoms with van der Waals surface area (Å²) in [6, 6.07) is 3.99. The molecule has 2 rings (SSSR count). The summed E-state index contributed by atoms with van der Waals surface area (Å²) in [4.78, 5) is 22.5. The highest BCUT2D eigenvalue weighted by atomic mass is 16.5. The molecule has 1 aliphatic heterocycles. The van der Waals surface area contributed by atoms with Crippen molar-refractivity contribution in [2.24, 2.45) is 10.9 Å². The van der Waals surface area contributed by atoms with E-state index in [-0.39, 0.29) is 11.9 Å². The summed E-state index contributed by atoms with van der Waals surface area (Å²) < 4.78 is 4.82. The molecule has 0 amide bonds. The smallest absolute Gasteiger partial charge is 0.308 e. The number of methoxy groups -OCH3 is 1. The van der Waals surface area contributed by atoms with Crippen molar-refractivity contribution < 1.29 is 9.53 Å². The lowest BCUT2D eigenvalue weighted by atomic mass is 9.97. The average molecular weight is 304 g/mol. The molecule has 1 aromatic heterocycles. The predicted molar refractivity (Wildman–Crippen MR) is 85.5 cm³/mol. The monoisotopic (exact) mass is 304 g/mol. The van der Waals surface area contributed by atoms with Crippen LogP contribution in [-0.2, 0) is 16.1 Å². The summed E-state index contributed by atoms with van der Waals surface area (Å²) in [5.74, 6) is 0.762. The topological polar surface area (TPSA) is 66.8 Å². The van der Waals surface area contributed by atoms with Gasteiger partial charge < -0.3 is 15.0 Å². The van der Waals surface area contributed by atoms with Crippen LogP contribution in [-0.4, -0.2) is 49.1 Å². The molecule has 0 aliphatic carbocycles. The SMILES string of the molecule is CN=C(NCc1ncccc1C)N1CCC(C(=O)OC)CC1. The maximum atomic E-state index is 11.6. The molecule has 6 heteroatoms. The van der Waals surface area contributed by atoms with Gasteiger partial charge in [0.15, 0.2) is 5.96 Å². The van der Waals surface area contributed by atoms with Crippen molar-refractivity contribution in [3.05, 3.63) is 29.6 Å². The lowest BCUT2D eigenvalue weighted by Crippen LogP contribution is -2.46. The summed E-state index contributed by atoms with van der Waals surface area (Å²) in [7, 11) is 3.23. The third-order valence-corrected chi connectivity index (χ3v) is 4.07. The summed E-state index contributed by atoms with van der Waals surface area (Å²) in [5.41, 5.74) is 2.18. The lowest BCUT2D eigenvalue weighted by molar-refractivity contribution is -0.146. The van der Waals surface area contributed by atoms with Gasteiger partial charge in [0.05, 0.1) is 25.3 Å². The van der Waals surface area contributed by atoms with E-state index in [9.17, 15) is 4.79 Å². The molecule has 0 radical (unpaired) electrons. The Kier molecular flexibility index (Phi) is 5.75. The number of piperidine rings is 1. The van der Waals surface area contributed by atoms with Gasteiger partial charge in [-0.05, 0) is 31.4 Å². The molecule has 120 valence electrons. The van der Waals surface area contributed by atoms with E-state index in [1.165, 1.54) is 7.11 Å². The first-order chi connectivity index (χ1) is 10.7. The molecule has 1 aliphatic rings. The van der Waals surface area contributed by atoms with Crippen LogP contribution in [0.1, 0.15) is 24.1 Å². The molecule has 0 spiro atoms. The lowest BCUT2D eigenvalue weighted by Gasteiger charge is -2.33. The molecule has 2 heterocycles. The molecule has 6 nitrogen and oxygen atoms in total. The van der Waals surface area contributed by atoms with E-state index >= 15 is 0 Å². The Hall–Kier alpha value is -2.11. The van der Waals surface area contributed by atoms with Crippen LogP contribution in [0, 0.1) is 12.8 Å². The zero-order valence-electron chi connectivity index (χ0n) is 13.5. The van der Waals surface area contributed by atoms with Crippen LogP contribution in [0.2, 0.25) is 0 Å². The highest BCUT2D eigenvalue weighted by Gasteiger charge is 2.26. The van der Waals surface area contributed by atoms with Crippen LogP contribution in [0.4, 0.5) is 0 Å². The minimum absolute atomic E-state index is 0.0115. The Balaban J connectivity index is 1.88. The van der Waals surface area contributed by atoms with Gasteiger partial charge in [-0.1, -0.05) is 6.07 Å². The van der Waals surface area contributed by atoms with Crippen LogP contribution in [0.3, 0.4) is 0 Å². The third kappa shape index (κ3) is 3.96. The van der Waals surface area contributed by atoms with Crippen molar-refractivity contribution in [2.75, 3.05) is 27.2 Å². The van der Waals surface area contributed by atoms with Crippen molar-refractivity contribution in [1.82, 2.24) is 15.2 Å². The van der Waals surface area contributed by atoms with Gasteiger partial charge in [0.1, 0.15) is 0 Å². The number of guanidine groups is 1. The summed E-state index contributed by atoms with van der Waals surface area (Å²) in [5, 5.41) is 3.35. The number of aromatic nitrogens is 1. The second-order valence-electron chi connectivity index (χ2n) is 5.45. The number of rotatable bonds is 3. The van der Waals surface area contributed by atoms with Crippen molar-refractivity contribution >= 4 is 11.9 Å². The molecule has 0 bridgehead atoms. The van der Waals surface area contributed by atoms with Crippen LogP contribution in [0.5, 0.6) is 0 Å². The van der Waals surface area contributed by atoms with E-state index in [0.717, 1.165) is 43.1 Å². The number of hydrogen-bond acceptors (Lipinski definition) is 4. The molecule has 22 heavy (non-hydrogen) atoms. The van der Waals surface area contributed by atoms with Gasteiger partial charge >= 0.3 is 5.97 Å². The molecular weight excluding hydrogens is 280 g/mol. The maximum Gasteiger partial charge on any atom is 0.308 e. The third-order valence-electron chi connectivity index (χ3n) is 4.07. The van der Waals surface area contributed by atoms with Crippen molar-refractivity contribution in [1.29, 1.82) is 0 Å². The normalized spacial score (nSPS) is 16.5. The second kappa shape index (κ2) is 7.77. The number of pyridine rings is 1. The van der Waals surface area contributed by atoms with Crippen molar-refractivity contribution in [3.63, 3.8) is 0 Å². The Labute approximate surface area is 131 Å². The highest BCUT2D eigenvalue weighted by Crippen LogP contribution is 2.18. The molecular formula is C16H24N4O2. The molecule has 1 saturated heterocycles. The van der Waals surface area contributed by atoms with Crippen molar-refractivity contribution in [3.8, 4) is 0 Å².